The van der Waals surface area contributed by atoms with Crippen molar-refractivity contribution in [2.24, 2.45) is 0 Å². The monoisotopic (exact) mass is 216 g/mol. The number of benzene rings is 1. The summed E-state index contributed by atoms with van der Waals surface area (Å²) in [5.41, 5.74) is 1.93. The molecule has 0 spiro atoms. The minimum Gasteiger partial charge on any atom is -0.159 e. The SMILES string of the molecule is Clc1ccc(/C=C/c2cccnn2)cc1. The molecule has 0 bridgehead atoms. The highest BCUT2D eigenvalue weighted by molar-refractivity contribution is 6.30. The Morgan fingerprint density at radius 1 is 1.00 bits per heavy atom. The van der Waals surface area contributed by atoms with Crippen LogP contribution in [-0.2, 0) is 0 Å². The highest BCUT2D eigenvalue weighted by Crippen LogP contribution is 2.11. The Morgan fingerprint density at radius 2 is 1.80 bits per heavy atom. The quantitative estimate of drug-likeness (QED) is 0.770. The van der Waals surface area contributed by atoms with Gasteiger partial charge in [-0.1, -0.05) is 29.8 Å². The van der Waals surface area contributed by atoms with Gasteiger partial charge in [0.25, 0.3) is 0 Å². The average molecular weight is 217 g/mol. The van der Waals surface area contributed by atoms with E-state index < -0.39 is 0 Å². The topological polar surface area (TPSA) is 25.8 Å². The molecular formula is C12H9ClN2. The molecule has 0 N–H and O–H groups in total. The zero-order valence-electron chi connectivity index (χ0n) is 7.97. The van der Waals surface area contributed by atoms with Crippen molar-refractivity contribution in [3.8, 4) is 0 Å². The van der Waals surface area contributed by atoms with Crippen LogP contribution in [0, 0.1) is 0 Å². The van der Waals surface area contributed by atoms with Crippen LogP contribution in [0.1, 0.15) is 11.3 Å². The molecule has 1 aromatic carbocycles. The molecule has 0 atom stereocenters. The van der Waals surface area contributed by atoms with Gasteiger partial charge in [0.15, 0.2) is 0 Å². The third kappa shape index (κ3) is 2.89. The fraction of sp³-hybridized carbons (Fsp3) is 0. The maximum absolute atomic E-state index is 5.78. The molecule has 0 aliphatic rings. The van der Waals surface area contributed by atoms with Crippen molar-refractivity contribution in [3.63, 3.8) is 0 Å². The highest BCUT2D eigenvalue weighted by atomic mass is 35.5. The van der Waals surface area contributed by atoms with Gasteiger partial charge in [-0.05, 0) is 35.9 Å². The summed E-state index contributed by atoms with van der Waals surface area (Å²) in [6.07, 6.45) is 5.54. The summed E-state index contributed by atoms with van der Waals surface area (Å²) < 4.78 is 0. The fourth-order valence-electron chi connectivity index (χ4n) is 1.16. The van der Waals surface area contributed by atoms with E-state index in [1.54, 1.807) is 6.20 Å². The number of nitrogens with zero attached hydrogens (tertiary/aromatic N) is 2. The van der Waals surface area contributed by atoms with Gasteiger partial charge in [0.1, 0.15) is 0 Å². The molecule has 0 fully saturated rings. The van der Waals surface area contributed by atoms with Gasteiger partial charge in [-0.2, -0.15) is 10.2 Å². The van der Waals surface area contributed by atoms with Crippen molar-refractivity contribution in [1.29, 1.82) is 0 Å². The van der Waals surface area contributed by atoms with Crippen LogP contribution in [-0.4, -0.2) is 10.2 Å². The van der Waals surface area contributed by atoms with Crippen molar-refractivity contribution in [3.05, 3.63) is 58.9 Å². The maximum Gasteiger partial charge on any atom is 0.0857 e. The summed E-state index contributed by atoms with van der Waals surface area (Å²) in [6.45, 7) is 0. The zero-order chi connectivity index (χ0) is 10.5. The summed E-state index contributed by atoms with van der Waals surface area (Å²) in [7, 11) is 0. The molecular weight excluding hydrogens is 208 g/mol. The lowest BCUT2D eigenvalue weighted by molar-refractivity contribution is 1.02. The second-order valence-electron chi connectivity index (χ2n) is 3.03. The minimum absolute atomic E-state index is 0.742. The Hall–Kier alpha value is -1.67. The minimum atomic E-state index is 0.742. The summed E-state index contributed by atoms with van der Waals surface area (Å²) in [6, 6.07) is 11.4. The van der Waals surface area contributed by atoms with Gasteiger partial charge in [-0.25, -0.2) is 0 Å². The second-order valence-corrected chi connectivity index (χ2v) is 3.47. The van der Waals surface area contributed by atoms with Crippen LogP contribution < -0.4 is 0 Å². The second kappa shape index (κ2) is 4.71. The summed E-state index contributed by atoms with van der Waals surface area (Å²) in [5, 5.41) is 8.48. The van der Waals surface area contributed by atoms with E-state index in [1.165, 1.54) is 0 Å². The first-order valence-electron chi connectivity index (χ1n) is 4.56. The van der Waals surface area contributed by atoms with Crippen molar-refractivity contribution in [2.75, 3.05) is 0 Å². The van der Waals surface area contributed by atoms with Gasteiger partial charge >= 0.3 is 0 Å². The number of hydrogen-bond acceptors (Lipinski definition) is 2. The molecule has 2 nitrogen and oxygen atoms in total. The van der Waals surface area contributed by atoms with Crippen LogP contribution in [0.2, 0.25) is 5.02 Å². The Kier molecular flexibility index (Phi) is 3.10. The Balaban J connectivity index is 2.15. The third-order valence-electron chi connectivity index (χ3n) is 1.91. The van der Waals surface area contributed by atoms with E-state index in [9.17, 15) is 0 Å². The largest absolute Gasteiger partial charge is 0.159 e. The van der Waals surface area contributed by atoms with Crippen LogP contribution in [0.25, 0.3) is 12.2 Å². The number of rotatable bonds is 2. The molecule has 1 aromatic heterocycles. The molecule has 0 aliphatic heterocycles. The van der Waals surface area contributed by atoms with E-state index in [2.05, 4.69) is 10.2 Å². The summed E-state index contributed by atoms with van der Waals surface area (Å²) in [4.78, 5) is 0. The van der Waals surface area contributed by atoms with Gasteiger partial charge in [-0.3, -0.25) is 0 Å². The molecule has 0 unspecified atom stereocenters. The van der Waals surface area contributed by atoms with Gasteiger partial charge < -0.3 is 0 Å². The number of halogens is 1. The fourth-order valence-corrected chi connectivity index (χ4v) is 1.28. The molecule has 74 valence electrons. The van der Waals surface area contributed by atoms with Crippen molar-refractivity contribution < 1.29 is 0 Å². The molecule has 0 radical (unpaired) electrons. The standard InChI is InChI=1S/C12H9ClN2/c13-11-6-3-10(4-7-11)5-8-12-2-1-9-14-15-12/h1-9H/b8-5+. The van der Waals surface area contributed by atoms with Crippen molar-refractivity contribution in [2.45, 2.75) is 0 Å². The molecule has 0 saturated heterocycles. The first-order chi connectivity index (χ1) is 7.34. The molecule has 15 heavy (non-hydrogen) atoms. The Morgan fingerprint density at radius 3 is 2.47 bits per heavy atom. The zero-order valence-corrected chi connectivity index (χ0v) is 8.72. The van der Waals surface area contributed by atoms with Crippen LogP contribution in [0.3, 0.4) is 0 Å². The van der Waals surface area contributed by atoms with Crippen LogP contribution in [0.5, 0.6) is 0 Å². The molecule has 2 aromatic rings. The van der Waals surface area contributed by atoms with Crippen molar-refractivity contribution in [1.82, 2.24) is 10.2 Å². The van der Waals surface area contributed by atoms with Gasteiger partial charge in [-0.15, -0.1) is 0 Å². The van der Waals surface area contributed by atoms with E-state index in [4.69, 9.17) is 11.6 Å². The number of hydrogen-bond donors (Lipinski definition) is 0. The lowest BCUT2D eigenvalue weighted by atomic mass is 10.2. The van der Waals surface area contributed by atoms with E-state index in [-0.39, 0.29) is 0 Å². The third-order valence-corrected chi connectivity index (χ3v) is 2.16. The van der Waals surface area contributed by atoms with Gasteiger partial charge in [0.05, 0.1) is 5.69 Å². The maximum atomic E-state index is 5.78. The van der Waals surface area contributed by atoms with Crippen LogP contribution in [0.4, 0.5) is 0 Å². The van der Waals surface area contributed by atoms with Gasteiger partial charge in [0, 0.05) is 11.2 Å². The van der Waals surface area contributed by atoms with E-state index in [0.29, 0.717) is 0 Å². The highest BCUT2D eigenvalue weighted by Gasteiger charge is 1.89. The Bertz CT molecular complexity index is 449. The molecule has 0 amide bonds. The average Bonchev–Trinajstić information content (AvgIpc) is 2.30. The first kappa shape index (κ1) is 9.87. The predicted octanol–water partition coefficient (Wildman–Crippen LogP) is 3.30. The lowest BCUT2D eigenvalue weighted by Gasteiger charge is -1.93. The van der Waals surface area contributed by atoms with E-state index in [0.717, 1.165) is 16.3 Å². The van der Waals surface area contributed by atoms with Crippen LogP contribution >= 0.6 is 11.6 Å². The predicted molar refractivity (Wildman–Crippen MR) is 62.4 cm³/mol. The Labute approximate surface area is 93.2 Å². The molecule has 1 heterocycles. The normalized spacial score (nSPS) is 10.7. The number of aromatic nitrogens is 2. The van der Waals surface area contributed by atoms with Crippen molar-refractivity contribution >= 4 is 23.8 Å². The lowest BCUT2D eigenvalue weighted by Crippen LogP contribution is -1.81. The summed E-state index contributed by atoms with van der Waals surface area (Å²) >= 11 is 5.78. The smallest absolute Gasteiger partial charge is 0.0857 e. The van der Waals surface area contributed by atoms with Gasteiger partial charge in [0.2, 0.25) is 0 Å². The molecule has 3 heteroatoms. The molecule has 2 rings (SSSR count). The molecule has 0 saturated carbocycles. The van der Waals surface area contributed by atoms with E-state index >= 15 is 0 Å². The van der Waals surface area contributed by atoms with E-state index in [1.807, 2.05) is 48.6 Å². The summed E-state index contributed by atoms with van der Waals surface area (Å²) in [5.74, 6) is 0. The first-order valence-corrected chi connectivity index (χ1v) is 4.94. The molecule has 0 aliphatic carbocycles. The van der Waals surface area contributed by atoms with Crippen LogP contribution in [0.15, 0.2) is 42.6 Å².